The summed E-state index contributed by atoms with van der Waals surface area (Å²) in [4.78, 5) is 17.5. The Balaban J connectivity index is 1.62. The van der Waals surface area contributed by atoms with Gasteiger partial charge in [-0.05, 0) is 25.0 Å². The number of aromatic nitrogens is 4. The van der Waals surface area contributed by atoms with Crippen LogP contribution in [0.1, 0.15) is 24.3 Å². The number of benzene rings is 1. The van der Waals surface area contributed by atoms with Crippen LogP contribution in [0.4, 0.5) is 19.3 Å². The zero-order valence-electron chi connectivity index (χ0n) is 20.8. The van der Waals surface area contributed by atoms with Gasteiger partial charge in [-0.3, -0.25) is 4.68 Å². The number of nitrogens with zero attached hydrogens (tertiary/aromatic N) is 8. The summed E-state index contributed by atoms with van der Waals surface area (Å²) in [6.07, 6.45) is -1.97. The highest BCUT2D eigenvalue weighted by Gasteiger charge is 2.47. The van der Waals surface area contributed by atoms with Crippen molar-refractivity contribution in [2.75, 3.05) is 45.2 Å². The number of rotatable bonds is 6. The Morgan fingerprint density at radius 3 is 2.45 bits per heavy atom. The Hall–Kier alpha value is -3.42. The fourth-order valence-electron chi connectivity index (χ4n) is 4.44. The molecule has 0 unspecified atom stereocenters. The molecule has 1 aliphatic heterocycles. The Labute approximate surface area is 221 Å². The molecule has 5 rings (SSSR count). The van der Waals surface area contributed by atoms with Crippen molar-refractivity contribution in [1.29, 1.82) is 5.26 Å². The zero-order chi connectivity index (χ0) is 27.4. The van der Waals surface area contributed by atoms with E-state index in [9.17, 15) is 27.3 Å². The van der Waals surface area contributed by atoms with Crippen LogP contribution in [0, 0.1) is 11.3 Å². The van der Waals surface area contributed by atoms with Crippen LogP contribution in [-0.4, -0.2) is 90.0 Å². The van der Waals surface area contributed by atoms with Gasteiger partial charge in [0.05, 0.1) is 22.2 Å². The van der Waals surface area contributed by atoms with E-state index in [1.54, 1.807) is 30.7 Å². The van der Waals surface area contributed by atoms with Gasteiger partial charge in [0.2, 0.25) is 10.0 Å². The van der Waals surface area contributed by atoms with Crippen molar-refractivity contribution in [1.82, 2.24) is 34.5 Å². The monoisotopic (exact) mass is 565 g/mol. The first-order valence-electron chi connectivity index (χ1n) is 11.7. The lowest BCUT2D eigenvalue weighted by Gasteiger charge is -2.37. The second kappa shape index (κ2) is 9.40. The maximum atomic E-state index is 13.4. The van der Waals surface area contributed by atoms with Gasteiger partial charge in [0, 0.05) is 52.7 Å². The van der Waals surface area contributed by atoms with E-state index in [0.29, 0.717) is 66.9 Å². The van der Waals surface area contributed by atoms with Gasteiger partial charge in [-0.1, -0.05) is 11.3 Å². The van der Waals surface area contributed by atoms with Crippen molar-refractivity contribution >= 4 is 44.0 Å². The standard InChI is InChI=1S/C22H25F2N9O3S2/c1-30(2)21(34)33-8-6-32(7-9-33)15-11-13(38(35,36)29-22(12-25)4-5-22)10-14-16(28-31(3)17(14)15)19-26-27-20(37-19)18(23)24/h10-11,18,29H,4-9H2,1-3H3. The minimum atomic E-state index is -4.11. The number of carbonyl (C=O) groups is 1. The van der Waals surface area contributed by atoms with Crippen molar-refractivity contribution < 1.29 is 22.0 Å². The summed E-state index contributed by atoms with van der Waals surface area (Å²) in [6, 6.07) is 4.86. The van der Waals surface area contributed by atoms with Crippen LogP contribution in [-0.2, 0) is 17.1 Å². The third kappa shape index (κ3) is 4.65. The SMILES string of the molecule is CN(C)C(=O)N1CCN(c2cc(S(=O)(=O)NC3(C#N)CC3)cc3c(-c4nnc(C(F)F)s4)nn(C)c23)CC1. The third-order valence-corrected chi connectivity index (χ3v) is 9.05. The molecular weight excluding hydrogens is 540 g/mol. The van der Waals surface area contributed by atoms with E-state index in [0.717, 1.165) is 0 Å². The Bertz CT molecular complexity index is 1550. The van der Waals surface area contributed by atoms with E-state index in [1.165, 1.54) is 17.0 Å². The largest absolute Gasteiger partial charge is 0.366 e. The van der Waals surface area contributed by atoms with Gasteiger partial charge in [0.25, 0.3) is 6.43 Å². The minimum Gasteiger partial charge on any atom is -0.366 e. The van der Waals surface area contributed by atoms with Crippen molar-refractivity contribution in [3.05, 3.63) is 17.1 Å². The number of carbonyl (C=O) groups excluding carboxylic acids is 1. The number of hydrogen-bond donors (Lipinski definition) is 1. The second-order valence-electron chi connectivity index (χ2n) is 9.51. The molecule has 0 spiro atoms. The molecule has 3 aromatic rings. The molecule has 0 bridgehead atoms. The third-order valence-electron chi connectivity index (χ3n) is 6.60. The van der Waals surface area contributed by atoms with Gasteiger partial charge < -0.3 is 14.7 Å². The van der Waals surface area contributed by atoms with Crippen molar-refractivity contribution in [2.24, 2.45) is 7.05 Å². The highest BCUT2D eigenvalue weighted by atomic mass is 32.2. The highest BCUT2D eigenvalue weighted by Crippen LogP contribution is 2.40. The first kappa shape index (κ1) is 26.2. The average Bonchev–Trinajstić information content (AvgIpc) is 3.31. The van der Waals surface area contributed by atoms with Crippen LogP contribution < -0.4 is 9.62 Å². The lowest BCUT2D eigenvalue weighted by atomic mass is 10.1. The Morgan fingerprint density at radius 1 is 1.21 bits per heavy atom. The lowest BCUT2D eigenvalue weighted by Crippen LogP contribution is -2.51. The predicted molar refractivity (Wildman–Crippen MR) is 135 cm³/mol. The first-order valence-corrected chi connectivity index (χ1v) is 14.0. The van der Waals surface area contributed by atoms with E-state index in [-0.39, 0.29) is 21.6 Å². The Kier molecular flexibility index (Phi) is 6.48. The molecule has 0 radical (unpaired) electrons. The molecule has 1 aliphatic carbocycles. The molecule has 12 nitrogen and oxygen atoms in total. The summed E-state index contributed by atoms with van der Waals surface area (Å²) < 4.78 is 57.3. The van der Waals surface area contributed by atoms with Crippen LogP contribution in [0.3, 0.4) is 0 Å². The number of hydrogen-bond acceptors (Lipinski definition) is 9. The molecule has 1 saturated heterocycles. The molecule has 0 atom stereocenters. The topological polar surface area (TPSA) is 140 Å². The molecule has 2 fully saturated rings. The molecule has 2 amide bonds. The van der Waals surface area contributed by atoms with Gasteiger partial charge in [0.1, 0.15) is 11.2 Å². The van der Waals surface area contributed by atoms with Crippen molar-refractivity contribution in [2.45, 2.75) is 29.7 Å². The summed E-state index contributed by atoms with van der Waals surface area (Å²) >= 11 is 0.688. The summed E-state index contributed by atoms with van der Waals surface area (Å²) in [7, 11) is 0.921. The second-order valence-corrected chi connectivity index (χ2v) is 12.2. The molecule has 38 heavy (non-hydrogen) atoms. The molecule has 3 heterocycles. The maximum absolute atomic E-state index is 13.4. The molecule has 1 saturated carbocycles. The van der Waals surface area contributed by atoms with E-state index < -0.39 is 27.0 Å². The number of piperazine rings is 1. The summed E-state index contributed by atoms with van der Waals surface area (Å²) in [6.45, 7) is 1.71. The van der Waals surface area contributed by atoms with Gasteiger partial charge >= 0.3 is 6.03 Å². The zero-order valence-corrected chi connectivity index (χ0v) is 22.5. The number of fused-ring (bicyclic) bond motifs is 1. The van der Waals surface area contributed by atoms with Crippen LogP contribution in [0.5, 0.6) is 0 Å². The molecular formula is C22H25F2N9O3S2. The summed E-state index contributed by atoms with van der Waals surface area (Å²) in [5.74, 6) is 0. The normalized spacial score (nSPS) is 17.2. The van der Waals surface area contributed by atoms with E-state index >= 15 is 0 Å². The van der Waals surface area contributed by atoms with Crippen molar-refractivity contribution in [3.63, 3.8) is 0 Å². The van der Waals surface area contributed by atoms with E-state index in [4.69, 9.17) is 0 Å². The molecule has 16 heteroatoms. The molecule has 2 aliphatic rings. The predicted octanol–water partition coefficient (Wildman–Crippen LogP) is 2.17. The number of halogens is 2. The maximum Gasteiger partial charge on any atom is 0.319 e. The number of anilines is 1. The molecule has 2 aromatic heterocycles. The lowest BCUT2D eigenvalue weighted by molar-refractivity contribution is 0.150. The average molecular weight is 566 g/mol. The number of urea groups is 1. The number of sulfonamides is 1. The highest BCUT2D eigenvalue weighted by molar-refractivity contribution is 7.89. The number of nitrogens with one attached hydrogen (secondary N) is 1. The summed E-state index contributed by atoms with van der Waals surface area (Å²) in [5.41, 5.74) is 0.242. The van der Waals surface area contributed by atoms with E-state index in [1.807, 2.05) is 11.0 Å². The van der Waals surface area contributed by atoms with E-state index in [2.05, 4.69) is 20.0 Å². The Morgan fingerprint density at radius 2 is 1.89 bits per heavy atom. The number of aryl methyl sites for hydroxylation is 1. The first-order chi connectivity index (χ1) is 17.9. The van der Waals surface area contributed by atoms with Crippen LogP contribution in [0.15, 0.2) is 17.0 Å². The number of nitriles is 1. The minimum absolute atomic E-state index is 0.0822. The fourth-order valence-corrected chi connectivity index (χ4v) is 6.56. The van der Waals surface area contributed by atoms with Crippen molar-refractivity contribution in [3.8, 4) is 16.8 Å². The fraction of sp³-hybridized carbons (Fsp3) is 0.500. The molecule has 1 N–H and O–H groups in total. The number of amides is 2. The van der Waals surface area contributed by atoms with Gasteiger partial charge in [0.15, 0.2) is 10.0 Å². The molecule has 1 aromatic carbocycles. The van der Waals surface area contributed by atoms with Gasteiger partial charge in [-0.25, -0.2) is 22.0 Å². The molecule has 202 valence electrons. The van der Waals surface area contributed by atoms with Crippen LogP contribution in [0.2, 0.25) is 0 Å². The number of alkyl halides is 2. The van der Waals surface area contributed by atoms with Crippen LogP contribution >= 0.6 is 11.3 Å². The smallest absolute Gasteiger partial charge is 0.319 e. The van der Waals surface area contributed by atoms with Gasteiger partial charge in [-0.15, -0.1) is 10.2 Å². The van der Waals surface area contributed by atoms with Gasteiger partial charge in [-0.2, -0.15) is 15.1 Å². The van der Waals surface area contributed by atoms with Crippen LogP contribution in [0.25, 0.3) is 21.6 Å². The summed E-state index contributed by atoms with van der Waals surface area (Å²) in [5, 5.41) is 21.4. The quantitative estimate of drug-likeness (QED) is 0.480.